The van der Waals surface area contributed by atoms with Gasteiger partial charge in [-0.25, -0.2) is 9.59 Å². The van der Waals surface area contributed by atoms with Crippen LogP contribution in [0, 0.1) is 36.0 Å². The minimum Gasteiger partial charge on any atom is -0.459 e. The van der Waals surface area contributed by atoms with Crippen LogP contribution >= 0.6 is 0 Å². The molecule has 11 atom stereocenters. The fourth-order valence-electron chi connectivity index (χ4n) is 7.28. The highest BCUT2D eigenvalue weighted by Crippen LogP contribution is 2.44. The zero-order valence-electron chi connectivity index (χ0n) is 31.4. The van der Waals surface area contributed by atoms with Crippen LogP contribution in [0.1, 0.15) is 88.0 Å². The molecule has 50 heavy (non-hydrogen) atoms. The molecule has 0 aromatic carbocycles. The van der Waals surface area contributed by atoms with E-state index in [2.05, 4.69) is 26.9 Å². The largest absolute Gasteiger partial charge is 0.459 e. The van der Waals surface area contributed by atoms with Crippen molar-refractivity contribution in [2.45, 2.75) is 136 Å². The van der Waals surface area contributed by atoms with Gasteiger partial charge in [0, 0.05) is 32.0 Å². The van der Waals surface area contributed by atoms with Crippen LogP contribution < -0.4 is 21.7 Å². The van der Waals surface area contributed by atoms with Crippen LogP contribution in [-0.2, 0) is 28.5 Å². The molecule has 2 bridgehead atoms. The van der Waals surface area contributed by atoms with E-state index < -0.39 is 77.4 Å². The van der Waals surface area contributed by atoms with Crippen LogP contribution in [0.15, 0.2) is 4.99 Å². The van der Waals surface area contributed by atoms with Gasteiger partial charge in [0.2, 0.25) is 0 Å². The van der Waals surface area contributed by atoms with Crippen molar-refractivity contribution in [3.05, 3.63) is 0 Å². The first-order valence-electron chi connectivity index (χ1n) is 17.5. The van der Waals surface area contributed by atoms with E-state index in [0.717, 1.165) is 0 Å². The molecule has 2 saturated heterocycles. The summed E-state index contributed by atoms with van der Waals surface area (Å²) in [5.74, 6) is -1.80. The SMILES string of the molecule is C#CCOC1C(C)C(OC(=O)NCCCCN=C(N)NC(=O)NC)C(C)C(=O)OC(CC)C(C)(O)C2OC(C)(C)OC(C(C)CC1(C)O)C2C. The number of unbranched alkanes of at least 4 members (excludes halogenated alkanes) is 1. The molecule has 2 fully saturated rings. The summed E-state index contributed by atoms with van der Waals surface area (Å²) >= 11 is 0. The number of urea groups is 1. The standard InChI is InChI=1S/C35H61N5O10/c1-12-18-46-27-22(5)26(48-32(43)39-17-15-14-16-38-30(36)40-31(42)37-11)23(6)29(41)47-24(13-2)35(10,45)28-21(4)25(49-33(7,8)50-28)20(3)19-34(27,9)44/h1,20-28,44-45H,13-19H2,2-11H3,(H,39,43)(H4,36,37,38,40,42). The average Bonchev–Trinajstić information content (AvgIpc) is 3.03. The fourth-order valence-corrected chi connectivity index (χ4v) is 7.28. The highest BCUT2D eigenvalue weighted by molar-refractivity contribution is 5.95. The van der Waals surface area contributed by atoms with Gasteiger partial charge in [0.1, 0.15) is 24.4 Å². The molecule has 15 heteroatoms. The van der Waals surface area contributed by atoms with E-state index >= 15 is 0 Å². The highest BCUT2D eigenvalue weighted by Gasteiger charge is 2.55. The Kier molecular flexibility index (Phi) is 15.8. The van der Waals surface area contributed by atoms with Crippen LogP contribution in [-0.4, -0.2) is 109 Å². The number of aliphatic imine (C=N–C) groups is 1. The Hall–Kier alpha value is -3.16. The van der Waals surface area contributed by atoms with Crippen molar-refractivity contribution in [2.75, 3.05) is 26.7 Å². The monoisotopic (exact) mass is 711 g/mol. The summed E-state index contributed by atoms with van der Waals surface area (Å²) in [4.78, 5) is 42.4. The van der Waals surface area contributed by atoms with E-state index in [9.17, 15) is 24.6 Å². The third-order valence-corrected chi connectivity index (χ3v) is 9.65. The fraction of sp³-hybridized carbons (Fsp3) is 0.829. The minimum atomic E-state index is -1.62. The number of carbonyl (C=O) groups is 3. The Morgan fingerprint density at radius 2 is 1.76 bits per heavy atom. The number of fused-ring (bicyclic) bond motifs is 2. The van der Waals surface area contributed by atoms with Gasteiger partial charge in [-0.1, -0.05) is 33.6 Å². The molecule has 286 valence electrons. The van der Waals surface area contributed by atoms with Gasteiger partial charge in [-0.15, -0.1) is 6.42 Å². The molecule has 11 unspecified atom stereocenters. The van der Waals surface area contributed by atoms with E-state index in [4.69, 9.17) is 35.8 Å². The number of nitrogens with zero attached hydrogens (tertiary/aromatic N) is 1. The maximum atomic E-state index is 13.9. The molecule has 2 heterocycles. The number of aliphatic hydroxyl groups is 2. The Bertz CT molecular complexity index is 1220. The molecule has 0 aliphatic carbocycles. The van der Waals surface area contributed by atoms with Crippen molar-refractivity contribution in [1.82, 2.24) is 16.0 Å². The molecular formula is C35H61N5O10. The van der Waals surface area contributed by atoms with Crippen LogP contribution in [0.5, 0.6) is 0 Å². The van der Waals surface area contributed by atoms with E-state index in [1.54, 1.807) is 48.5 Å². The number of nitrogens with one attached hydrogen (secondary N) is 3. The number of ether oxygens (including phenoxy) is 5. The molecule has 0 aromatic rings. The van der Waals surface area contributed by atoms with Gasteiger partial charge in [0.25, 0.3) is 0 Å². The summed E-state index contributed by atoms with van der Waals surface area (Å²) in [6.07, 6.45) is 1.96. The van der Waals surface area contributed by atoms with Crippen molar-refractivity contribution in [3.63, 3.8) is 0 Å². The van der Waals surface area contributed by atoms with Crippen molar-refractivity contribution in [1.29, 1.82) is 0 Å². The maximum Gasteiger partial charge on any atom is 0.407 e. The number of alkyl carbamates (subject to hydrolysis) is 1. The lowest BCUT2D eigenvalue weighted by Gasteiger charge is -2.53. The number of cyclic esters (lactones) is 1. The van der Waals surface area contributed by atoms with Crippen LogP contribution in [0.3, 0.4) is 0 Å². The number of guanidine groups is 1. The number of hydrogen-bond acceptors (Lipinski definition) is 11. The number of carbonyl (C=O) groups excluding carboxylic acids is 3. The molecule has 3 amide bonds. The summed E-state index contributed by atoms with van der Waals surface area (Å²) in [5.41, 5.74) is 2.50. The number of amides is 3. The second kappa shape index (κ2) is 18.4. The minimum absolute atomic E-state index is 0.0271. The van der Waals surface area contributed by atoms with Gasteiger partial charge in [-0.2, -0.15) is 0 Å². The first-order chi connectivity index (χ1) is 23.2. The van der Waals surface area contributed by atoms with Crippen LogP contribution in [0.2, 0.25) is 0 Å². The summed E-state index contributed by atoms with van der Waals surface area (Å²) in [7, 11) is 1.46. The Morgan fingerprint density at radius 3 is 2.36 bits per heavy atom. The summed E-state index contributed by atoms with van der Waals surface area (Å²) < 4.78 is 30.7. The summed E-state index contributed by atoms with van der Waals surface area (Å²) in [6.45, 7) is 16.1. The number of rotatable bonds is 9. The summed E-state index contributed by atoms with van der Waals surface area (Å²) in [6, 6.07) is -0.483. The van der Waals surface area contributed by atoms with Crippen molar-refractivity contribution in [3.8, 4) is 12.3 Å². The predicted octanol–water partition coefficient (Wildman–Crippen LogP) is 2.42. The lowest BCUT2D eigenvalue weighted by Crippen LogP contribution is -2.64. The second-order valence-electron chi connectivity index (χ2n) is 14.5. The van der Waals surface area contributed by atoms with Gasteiger partial charge in [-0.3, -0.25) is 15.1 Å². The Balaban J connectivity index is 2.41. The van der Waals surface area contributed by atoms with Crippen LogP contribution in [0.25, 0.3) is 0 Å². The van der Waals surface area contributed by atoms with Gasteiger partial charge in [0.15, 0.2) is 11.7 Å². The van der Waals surface area contributed by atoms with Gasteiger partial charge >= 0.3 is 18.1 Å². The number of esters is 1. The van der Waals surface area contributed by atoms with Crippen molar-refractivity contribution in [2.24, 2.45) is 34.4 Å². The van der Waals surface area contributed by atoms with E-state index in [-0.39, 0.29) is 43.8 Å². The number of terminal acetylenes is 1. The quantitative estimate of drug-likeness (QED) is 0.0672. The second-order valence-corrected chi connectivity index (χ2v) is 14.5. The molecule has 2 rings (SSSR count). The van der Waals surface area contributed by atoms with Gasteiger partial charge < -0.3 is 50.3 Å². The Labute approximate surface area is 297 Å². The molecule has 2 aliphatic rings. The molecule has 2 aliphatic heterocycles. The molecule has 0 aromatic heterocycles. The van der Waals surface area contributed by atoms with E-state index in [1.165, 1.54) is 7.05 Å². The zero-order chi connectivity index (χ0) is 38.0. The molecule has 0 spiro atoms. The van der Waals surface area contributed by atoms with Gasteiger partial charge in [-0.05, 0) is 66.2 Å². The number of nitrogens with two attached hydrogens (primary N) is 1. The molecule has 15 nitrogen and oxygen atoms in total. The van der Waals surface area contributed by atoms with E-state index in [0.29, 0.717) is 19.4 Å². The average molecular weight is 712 g/mol. The highest BCUT2D eigenvalue weighted by atomic mass is 16.7. The smallest absolute Gasteiger partial charge is 0.407 e. The third-order valence-electron chi connectivity index (χ3n) is 9.65. The summed E-state index contributed by atoms with van der Waals surface area (Å²) in [5, 5.41) is 31.5. The topological polar surface area (TPSA) is 212 Å². The number of hydrogen-bond donors (Lipinski definition) is 6. The predicted molar refractivity (Wildman–Crippen MR) is 187 cm³/mol. The van der Waals surface area contributed by atoms with Crippen molar-refractivity contribution < 1.29 is 48.3 Å². The third kappa shape index (κ3) is 11.4. The van der Waals surface area contributed by atoms with Crippen LogP contribution in [0.4, 0.5) is 9.59 Å². The van der Waals surface area contributed by atoms with E-state index in [1.807, 2.05) is 13.8 Å². The first kappa shape index (κ1) is 43.0. The normalized spacial score (nSPS) is 36.6. The Morgan fingerprint density at radius 1 is 1.10 bits per heavy atom. The molecule has 7 N–H and O–H groups in total. The lowest BCUT2D eigenvalue weighted by atomic mass is 9.72. The molecular weight excluding hydrogens is 650 g/mol. The van der Waals surface area contributed by atoms with Crippen molar-refractivity contribution >= 4 is 24.1 Å². The van der Waals surface area contributed by atoms with Gasteiger partial charge in [0.05, 0.1) is 29.8 Å². The zero-order valence-corrected chi connectivity index (χ0v) is 31.4. The maximum absolute atomic E-state index is 13.9. The molecule has 0 saturated carbocycles. The molecule has 0 radical (unpaired) electrons. The first-order valence-corrected chi connectivity index (χ1v) is 17.5. The lowest BCUT2D eigenvalue weighted by molar-refractivity contribution is -0.359.